The van der Waals surface area contributed by atoms with Gasteiger partial charge < -0.3 is 14.7 Å². The summed E-state index contributed by atoms with van der Waals surface area (Å²) >= 11 is 0. The fraction of sp³-hybridized carbons (Fsp3) is 0.333. The molecule has 1 atom stereocenters. The summed E-state index contributed by atoms with van der Waals surface area (Å²) in [5.41, 5.74) is 1.23. The van der Waals surface area contributed by atoms with Gasteiger partial charge in [-0.25, -0.2) is 0 Å². The molecule has 3 aromatic rings. The highest BCUT2D eigenvalue weighted by Crippen LogP contribution is 2.31. The first-order valence-electron chi connectivity index (χ1n) is 11.6. The van der Waals surface area contributed by atoms with Crippen LogP contribution in [0.1, 0.15) is 33.6 Å². The van der Waals surface area contributed by atoms with Crippen molar-refractivity contribution in [3.63, 3.8) is 0 Å². The Morgan fingerprint density at radius 2 is 1.52 bits per heavy atom. The second kappa shape index (κ2) is 9.33. The van der Waals surface area contributed by atoms with Crippen LogP contribution in [0.25, 0.3) is 10.8 Å². The fourth-order valence-corrected chi connectivity index (χ4v) is 4.92. The standard InChI is InChI=1S/C27H28N2O4/c30-21(18-33-22-8-2-1-3-9-22)17-28-14-12-19(13-15-28)16-29-26(31)23-10-4-6-20-7-5-11-24(25(20)23)27(29)32/h1-11,19,21,30H,12-18H2. The lowest BCUT2D eigenvalue weighted by molar-refractivity contribution is 0.0453. The van der Waals surface area contributed by atoms with E-state index in [4.69, 9.17) is 4.74 Å². The van der Waals surface area contributed by atoms with Crippen LogP contribution in [0.3, 0.4) is 0 Å². The van der Waals surface area contributed by atoms with E-state index in [-0.39, 0.29) is 24.3 Å². The first-order chi connectivity index (χ1) is 16.1. The summed E-state index contributed by atoms with van der Waals surface area (Å²) in [5, 5.41) is 12.1. The molecule has 2 aliphatic rings. The SMILES string of the molecule is O=C1c2cccc3cccc(c23)C(=O)N1CC1CCN(CC(O)COc2ccccc2)CC1. The largest absolute Gasteiger partial charge is 0.491 e. The van der Waals surface area contributed by atoms with Gasteiger partial charge in [0.05, 0.1) is 0 Å². The Labute approximate surface area is 193 Å². The highest BCUT2D eigenvalue weighted by molar-refractivity contribution is 6.25. The van der Waals surface area contributed by atoms with Gasteiger partial charge in [0.2, 0.25) is 0 Å². The van der Waals surface area contributed by atoms with Crippen LogP contribution in [-0.4, -0.2) is 65.6 Å². The van der Waals surface area contributed by atoms with Crippen LogP contribution in [-0.2, 0) is 0 Å². The number of β-amino-alcohol motifs (C(OH)–C–C–N with tert-alkyl or cyclic N) is 1. The Bertz CT molecular complexity index is 1100. The zero-order valence-electron chi connectivity index (χ0n) is 18.5. The van der Waals surface area contributed by atoms with Crippen molar-refractivity contribution in [2.75, 3.05) is 32.8 Å². The number of hydrogen-bond donors (Lipinski definition) is 1. The van der Waals surface area contributed by atoms with Gasteiger partial charge in [0.15, 0.2) is 0 Å². The third-order valence-electron chi connectivity index (χ3n) is 6.66. The predicted octanol–water partition coefficient (Wildman–Crippen LogP) is 3.59. The Morgan fingerprint density at radius 3 is 2.15 bits per heavy atom. The molecule has 2 amide bonds. The fourth-order valence-electron chi connectivity index (χ4n) is 4.92. The number of benzene rings is 3. The maximum atomic E-state index is 13.1. The Hall–Kier alpha value is -3.22. The van der Waals surface area contributed by atoms with Gasteiger partial charge >= 0.3 is 0 Å². The molecule has 6 nitrogen and oxygen atoms in total. The number of hydrogen-bond acceptors (Lipinski definition) is 5. The number of imide groups is 1. The van der Waals surface area contributed by atoms with Gasteiger partial charge in [-0.15, -0.1) is 0 Å². The number of nitrogens with zero attached hydrogens (tertiary/aromatic N) is 2. The smallest absolute Gasteiger partial charge is 0.261 e. The number of piperidine rings is 1. The van der Waals surface area contributed by atoms with E-state index in [0.717, 1.165) is 42.5 Å². The van der Waals surface area contributed by atoms with Crippen molar-refractivity contribution in [2.45, 2.75) is 18.9 Å². The topological polar surface area (TPSA) is 70.1 Å². The number of aliphatic hydroxyl groups is 1. The molecule has 170 valence electrons. The molecule has 0 aliphatic carbocycles. The lowest BCUT2D eigenvalue weighted by atomic mass is 9.91. The molecule has 0 saturated carbocycles. The number of para-hydroxylation sites is 1. The normalized spacial score (nSPS) is 18.0. The van der Waals surface area contributed by atoms with Crippen LogP contribution in [0.2, 0.25) is 0 Å². The summed E-state index contributed by atoms with van der Waals surface area (Å²) in [6, 6.07) is 20.7. The molecule has 1 saturated heterocycles. The monoisotopic (exact) mass is 444 g/mol. The molecule has 0 bridgehead atoms. The average Bonchev–Trinajstić information content (AvgIpc) is 2.85. The summed E-state index contributed by atoms with van der Waals surface area (Å²) in [4.78, 5) is 29.9. The molecular formula is C27H28N2O4. The van der Waals surface area contributed by atoms with Gasteiger partial charge in [-0.2, -0.15) is 0 Å². The molecule has 1 fully saturated rings. The van der Waals surface area contributed by atoms with E-state index in [1.54, 1.807) is 0 Å². The summed E-state index contributed by atoms with van der Waals surface area (Å²) in [6.07, 6.45) is 1.20. The van der Waals surface area contributed by atoms with Crippen molar-refractivity contribution in [1.82, 2.24) is 9.80 Å². The molecule has 6 heteroatoms. The third-order valence-corrected chi connectivity index (χ3v) is 6.66. The third kappa shape index (κ3) is 4.49. The van der Waals surface area contributed by atoms with Gasteiger partial charge in [-0.05, 0) is 61.5 Å². The number of likely N-dealkylation sites (tertiary alicyclic amines) is 1. The van der Waals surface area contributed by atoms with Crippen molar-refractivity contribution in [3.05, 3.63) is 77.9 Å². The van der Waals surface area contributed by atoms with Gasteiger partial charge in [0, 0.05) is 29.6 Å². The minimum atomic E-state index is -0.566. The molecule has 5 rings (SSSR count). The number of aliphatic hydroxyl groups excluding tert-OH is 1. The first-order valence-corrected chi connectivity index (χ1v) is 11.6. The van der Waals surface area contributed by atoms with Gasteiger partial charge in [-0.1, -0.05) is 42.5 Å². The van der Waals surface area contributed by atoms with E-state index in [1.807, 2.05) is 66.7 Å². The zero-order valence-corrected chi connectivity index (χ0v) is 18.5. The van der Waals surface area contributed by atoms with Crippen LogP contribution >= 0.6 is 0 Å². The average molecular weight is 445 g/mol. The summed E-state index contributed by atoms with van der Waals surface area (Å²) in [7, 11) is 0. The zero-order chi connectivity index (χ0) is 22.8. The van der Waals surface area contributed by atoms with Crippen molar-refractivity contribution >= 4 is 22.6 Å². The maximum absolute atomic E-state index is 13.1. The van der Waals surface area contributed by atoms with Gasteiger partial charge in [0.25, 0.3) is 11.8 Å². The van der Waals surface area contributed by atoms with Crippen molar-refractivity contribution in [1.29, 1.82) is 0 Å². The van der Waals surface area contributed by atoms with Crippen molar-refractivity contribution in [3.8, 4) is 5.75 Å². The minimum Gasteiger partial charge on any atom is -0.491 e. The molecule has 2 aliphatic heterocycles. The van der Waals surface area contributed by atoms with E-state index in [9.17, 15) is 14.7 Å². The highest BCUT2D eigenvalue weighted by Gasteiger charge is 2.34. The van der Waals surface area contributed by atoms with Gasteiger partial charge in [0.1, 0.15) is 18.5 Å². The molecule has 0 radical (unpaired) electrons. The number of amides is 2. The number of carbonyl (C=O) groups is 2. The van der Waals surface area contributed by atoms with E-state index in [0.29, 0.717) is 24.2 Å². The molecule has 1 unspecified atom stereocenters. The molecule has 0 spiro atoms. The number of ether oxygens (including phenoxy) is 1. The molecule has 1 N–H and O–H groups in total. The minimum absolute atomic E-state index is 0.194. The van der Waals surface area contributed by atoms with Crippen LogP contribution in [0.4, 0.5) is 0 Å². The number of carbonyl (C=O) groups excluding carboxylic acids is 2. The van der Waals surface area contributed by atoms with E-state index >= 15 is 0 Å². The quantitative estimate of drug-likeness (QED) is 0.564. The van der Waals surface area contributed by atoms with E-state index in [1.165, 1.54) is 4.90 Å². The Morgan fingerprint density at radius 1 is 0.879 bits per heavy atom. The lowest BCUT2D eigenvalue weighted by Gasteiger charge is -2.36. The second-order valence-corrected chi connectivity index (χ2v) is 8.95. The molecule has 3 aromatic carbocycles. The Balaban J connectivity index is 1.15. The highest BCUT2D eigenvalue weighted by atomic mass is 16.5. The molecule has 33 heavy (non-hydrogen) atoms. The van der Waals surface area contributed by atoms with E-state index < -0.39 is 6.10 Å². The van der Waals surface area contributed by atoms with Gasteiger partial charge in [-0.3, -0.25) is 14.5 Å². The van der Waals surface area contributed by atoms with Crippen LogP contribution in [0.15, 0.2) is 66.7 Å². The predicted molar refractivity (Wildman–Crippen MR) is 126 cm³/mol. The van der Waals surface area contributed by atoms with Crippen molar-refractivity contribution < 1.29 is 19.4 Å². The second-order valence-electron chi connectivity index (χ2n) is 8.95. The molecule has 0 aromatic heterocycles. The lowest BCUT2D eigenvalue weighted by Crippen LogP contribution is -2.46. The van der Waals surface area contributed by atoms with Crippen molar-refractivity contribution in [2.24, 2.45) is 5.92 Å². The maximum Gasteiger partial charge on any atom is 0.261 e. The van der Waals surface area contributed by atoms with Crippen LogP contribution in [0, 0.1) is 5.92 Å². The molecule has 2 heterocycles. The summed E-state index contributed by atoms with van der Waals surface area (Å²) in [6.45, 7) is 2.91. The molecular weight excluding hydrogens is 416 g/mol. The Kier molecular flexibility index (Phi) is 6.11. The number of rotatable bonds is 7. The van der Waals surface area contributed by atoms with Crippen LogP contribution < -0.4 is 4.74 Å². The van der Waals surface area contributed by atoms with Crippen LogP contribution in [0.5, 0.6) is 5.75 Å². The van der Waals surface area contributed by atoms with E-state index in [2.05, 4.69) is 4.90 Å². The summed E-state index contributed by atoms with van der Waals surface area (Å²) in [5.74, 6) is 0.625. The summed E-state index contributed by atoms with van der Waals surface area (Å²) < 4.78 is 5.65. The first kappa shape index (κ1) is 21.6.